The van der Waals surface area contributed by atoms with Gasteiger partial charge >= 0.3 is 0 Å². The van der Waals surface area contributed by atoms with E-state index in [1.165, 1.54) is 5.56 Å². The van der Waals surface area contributed by atoms with E-state index >= 15 is 0 Å². The first kappa shape index (κ1) is 12.7. The highest BCUT2D eigenvalue weighted by Crippen LogP contribution is 2.28. The van der Waals surface area contributed by atoms with Crippen LogP contribution in [0, 0.1) is 0 Å². The minimum absolute atomic E-state index is 0.727. The third-order valence-corrected chi connectivity index (χ3v) is 4.17. The van der Waals surface area contributed by atoms with E-state index in [1.54, 1.807) is 11.3 Å². The van der Waals surface area contributed by atoms with Crippen LogP contribution in [-0.2, 0) is 6.54 Å². The van der Waals surface area contributed by atoms with Crippen molar-refractivity contribution in [2.45, 2.75) is 6.54 Å². The highest BCUT2D eigenvalue weighted by Gasteiger charge is 2.04. The number of halogens is 2. The van der Waals surface area contributed by atoms with Crippen molar-refractivity contribution in [3.8, 4) is 0 Å². The molecule has 0 saturated carbocycles. The summed E-state index contributed by atoms with van der Waals surface area (Å²) < 4.78 is 1.09. The largest absolute Gasteiger partial charge is 0.357 e. The van der Waals surface area contributed by atoms with Gasteiger partial charge < -0.3 is 5.32 Å². The lowest BCUT2D eigenvalue weighted by atomic mass is 10.2. The van der Waals surface area contributed by atoms with Crippen LogP contribution in [0.5, 0.6) is 0 Å². The molecule has 0 atom stereocenters. The molecule has 2 nitrogen and oxygen atoms in total. The summed E-state index contributed by atoms with van der Waals surface area (Å²) in [5.41, 5.74) is 2.13. The zero-order valence-corrected chi connectivity index (χ0v) is 12.2. The number of rotatable bonds is 3. The first-order valence-corrected chi connectivity index (χ1v) is 7.32. The van der Waals surface area contributed by atoms with Gasteiger partial charge in [0.25, 0.3) is 0 Å². The monoisotopic (exact) mass is 308 g/mol. The number of hydrogen-bond acceptors (Lipinski definition) is 3. The summed E-state index contributed by atoms with van der Waals surface area (Å²) in [7, 11) is 0. The number of benzene rings is 2. The van der Waals surface area contributed by atoms with Crippen LogP contribution >= 0.6 is 34.5 Å². The van der Waals surface area contributed by atoms with Gasteiger partial charge in [-0.1, -0.05) is 46.7 Å². The fraction of sp³-hybridized carbons (Fsp3) is 0.0714. The summed E-state index contributed by atoms with van der Waals surface area (Å²) >= 11 is 13.4. The van der Waals surface area contributed by atoms with E-state index in [0.717, 1.165) is 31.9 Å². The van der Waals surface area contributed by atoms with Gasteiger partial charge in [0.2, 0.25) is 0 Å². The number of aromatic nitrogens is 1. The molecule has 0 amide bonds. The molecule has 0 fully saturated rings. The van der Waals surface area contributed by atoms with Crippen LogP contribution < -0.4 is 5.32 Å². The summed E-state index contributed by atoms with van der Waals surface area (Å²) in [6, 6.07) is 13.5. The van der Waals surface area contributed by atoms with Gasteiger partial charge in [0.1, 0.15) is 0 Å². The van der Waals surface area contributed by atoms with Crippen LogP contribution in [0.15, 0.2) is 42.5 Å². The van der Waals surface area contributed by atoms with Crippen molar-refractivity contribution in [3.63, 3.8) is 0 Å². The molecule has 1 heterocycles. The minimum atomic E-state index is 0.727. The molecular formula is C14H10Cl2N2S. The van der Waals surface area contributed by atoms with Gasteiger partial charge in [0, 0.05) is 16.6 Å². The molecule has 2 aromatic carbocycles. The van der Waals surface area contributed by atoms with Crippen molar-refractivity contribution < 1.29 is 0 Å². The molecule has 0 aliphatic rings. The van der Waals surface area contributed by atoms with Gasteiger partial charge in [0.15, 0.2) is 5.13 Å². The summed E-state index contributed by atoms with van der Waals surface area (Å²) in [6.45, 7) is 0.727. The molecule has 3 rings (SSSR count). The number of thiazole rings is 1. The van der Waals surface area contributed by atoms with E-state index in [0.29, 0.717) is 0 Å². The molecule has 0 spiro atoms. The molecule has 3 aromatic rings. The average Bonchev–Trinajstić information content (AvgIpc) is 2.80. The lowest BCUT2D eigenvalue weighted by Crippen LogP contribution is -1.98. The maximum atomic E-state index is 5.96. The van der Waals surface area contributed by atoms with Gasteiger partial charge in [-0.3, -0.25) is 0 Å². The van der Waals surface area contributed by atoms with Crippen LogP contribution in [0.3, 0.4) is 0 Å². The van der Waals surface area contributed by atoms with Crippen molar-refractivity contribution in [2.75, 3.05) is 5.32 Å². The number of anilines is 1. The quantitative estimate of drug-likeness (QED) is 0.718. The second-order valence-corrected chi connectivity index (χ2v) is 6.01. The Bertz CT molecular complexity index is 707. The second-order valence-electron chi connectivity index (χ2n) is 4.11. The number of nitrogens with one attached hydrogen (secondary N) is 1. The fourth-order valence-electron chi connectivity index (χ4n) is 1.75. The molecule has 0 bridgehead atoms. The number of nitrogens with zero attached hydrogens (tertiary/aromatic N) is 1. The van der Waals surface area contributed by atoms with E-state index < -0.39 is 0 Å². The van der Waals surface area contributed by atoms with Gasteiger partial charge in [-0.2, -0.15) is 0 Å². The van der Waals surface area contributed by atoms with Crippen LogP contribution in [0.4, 0.5) is 5.13 Å². The van der Waals surface area contributed by atoms with E-state index in [9.17, 15) is 0 Å². The molecule has 19 heavy (non-hydrogen) atoms. The molecule has 0 aliphatic heterocycles. The van der Waals surface area contributed by atoms with Gasteiger partial charge in [-0.15, -0.1) is 0 Å². The standard InChI is InChI=1S/C14H10Cl2N2S/c15-10-3-1-9(2-4-10)8-17-14-18-12-6-5-11(16)7-13(12)19-14/h1-7H,8H2,(H,17,18). The predicted octanol–water partition coefficient (Wildman–Crippen LogP) is 5.22. The minimum Gasteiger partial charge on any atom is -0.357 e. The Kier molecular flexibility index (Phi) is 3.60. The van der Waals surface area contributed by atoms with Crippen LogP contribution in [-0.4, -0.2) is 4.98 Å². The lowest BCUT2D eigenvalue weighted by molar-refractivity contribution is 1.14. The smallest absolute Gasteiger partial charge is 0.184 e. The summed E-state index contributed by atoms with van der Waals surface area (Å²) in [6.07, 6.45) is 0. The topological polar surface area (TPSA) is 24.9 Å². The SMILES string of the molecule is Clc1ccc(CNc2nc3ccc(Cl)cc3s2)cc1. The molecule has 1 N–H and O–H groups in total. The number of hydrogen-bond donors (Lipinski definition) is 1. The van der Waals surface area contributed by atoms with Crippen molar-refractivity contribution in [1.82, 2.24) is 4.98 Å². The Morgan fingerprint density at radius 3 is 2.53 bits per heavy atom. The van der Waals surface area contributed by atoms with Crippen LogP contribution in [0.25, 0.3) is 10.2 Å². The first-order valence-electron chi connectivity index (χ1n) is 5.75. The Hall–Kier alpha value is -1.29. The highest BCUT2D eigenvalue weighted by atomic mass is 35.5. The van der Waals surface area contributed by atoms with Crippen molar-refractivity contribution in [1.29, 1.82) is 0 Å². The van der Waals surface area contributed by atoms with Crippen molar-refractivity contribution >= 4 is 49.9 Å². The predicted molar refractivity (Wildman–Crippen MR) is 83.4 cm³/mol. The van der Waals surface area contributed by atoms with E-state index in [4.69, 9.17) is 23.2 Å². The average molecular weight is 309 g/mol. The second kappa shape index (κ2) is 5.37. The fourth-order valence-corrected chi connectivity index (χ4v) is 3.02. The first-order chi connectivity index (χ1) is 9.20. The zero-order valence-electron chi connectivity index (χ0n) is 9.86. The van der Waals surface area contributed by atoms with E-state index in [-0.39, 0.29) is 0 Å². The maximum Gasteiger partial charge on any atom is 0.184 e. The zero-order chi connectivity index (χ0) is 13.2. The summed E-state index contributed by atoms with van der Waals surface area (Å²) in [5, 5.41) is 5.69. The Morgan fingerprint density at radius 2 is 1.74 bits per heavy atom. The van der Waals surface area contributed by atoms with Gasteiger partial charge in [-0.05, 0) is 35.9 Å². The van der Waals surface area contributed by atoms with E-state index in [2.05, 4.69) is 10.3 Å². The Labute approximate surface area is 125 Å². The molecule has 0 radical (unpaired) electrons. The summed E-state index contributed by atoms with van der Waals surface area (Å²) in [5.74, 6) is 0. The molecule has 0 saturated heterocycles. The van der Waals surface area contributed by atoms with Gasteiger partial charge in [-0.25, -0.2) is 4.98 Å². The Morgan fingerprint density at radius 1 is 1.00 bits per heavy atom. The Balaban J connectivity index is 1.76. The molecule has 96 valence electrons. The normalized spacial score (nSPS) is 10.8. The molecule has 0 unspecified atom stereocenters. The summed E-state index contributed by atoms with van der Waals surface area (Å²) in [4.78, 5) is 4.51. The molecule has 0 aliphatic carbocycles. The third-order valence-electron chi connectivity index (χ3n) is 2.71. The molecule has 1 aromatic heterocycles. The highest BCUT2D eigenvalue weighted by molar-refractivity contribution is 7.22. The maximum absolute atomic E-state index is 5.96. The van der Waals surface area contributed by atoms with Crippen LogP contribution in [0.2, 0.25) is 10.0 Å². The third kappa shape index (κ3) is 3.00. The number of fused-ring (bicyclic) bond motifs is 1. The van der Waals surface area contributed by atoms with Crippen LogP contribution in [0.1, 0.15) is 5.56 Å². The van der Waals surface area contributed by atoms with E-state index in [1.807, 2.05) is 42.5 Å². The van der Waals surface area contributed by atoms with Crippen molar-refractivity contribution in [2.24, 2.45) is 0 Å². The lowest BCUT2D eigenvalue weighted by Gasteiger charge is -2.02. The molecular weight excluding hydrogens is 299 g/mol. The molecule has 5 heteroatoms. The van der Waals surface area contributed by atoms with Gasteiger partial charge in [0.05, 0.1) is 10.2 Å². The van der Waals surface area contributed by atoms with Crippen molar-refractivity contribution in [3.05, 3.63) is 58.1 Å².